The number of nitrogens with one attached hydrogen (secondary N) is 2. The molecule has 0 radical (unpaired) electrons. The molecule has 0 bridgehead atoms. The monoisotopic (exact) mass is 303 g/mol. The zero-order chi connectivity index (χ0) is 14.7. The van der Waals surface area contributed by atoms with Crippen LogP contribution in [-0.2, 0) is 0 Å². The quantitative estimate of drug-likeness (QED) is 0.808. The highest BCUT2D eigenvalue weighted by Crippen LogP contribution is 2.24. The summed E-state index contributed by atoms with van der Waals surface area (Å²) in [4.78, 5) is 8.82. The molecule has 1 saturated carbocycles. The number of hydrogen-bond acceptors (Lipinski definition) is 6. The van der Waals surface area contributed by atoms with E-state index in [1.54, 1.807) is 17.5 Å². The Balaban J connectivity index is 1.67. The molecule has 6 heteroatoms. The molecule has 2 atom stereocenters. The van der Waals surface area contributed by atoms with Gasteiger partial charge in [-0.25, -0.2) is 4.98 Å². The van der Waals surface area contributed by atoms with Crippen LogP contribution in [0.1, 0.15) is 31.2 Å². The second-order valence-electron chi connectivity index (χ2n) is 5.58. The summed E-state index contributed by atoms with van der Waals surface area (Å²) >= 11 is 1.67. The summed E-state index contributed by atoms with van der Waals surface area (Å²) in [5, 5.41) is 9.89. The fourth-order valence-corrected chi connectivity index (χ4v) is 3.42. The SMILES string of the molecule is Cc1csc(Nc2ccnc(N[C@@H]3CCCC[C@@H]3N)n2)c1. The van der Waals surface area contributed by atoms with E-state index in [1.165, 1.54) is 18.4 Å². The molecule has 21 heavy (non-hydrogen) atoms. The highest BCUT2D eigenvalue weighted by molar-refractivity contribution is 7.14. The zero-order valence-electron chi connectivity index (χ0n) is 12.2. The van der Waals surface area contributed by atoms with Crippen LogP contribution in [0.5, 0.6) is 0 Å². The number of hydrogen-bond donors (Lipinski definition) is 3. The van der Waals surface area contributed by atoms with Crippen LogP contribution in [0, 0.1) is 6.92 Å². The molecule has 1 aliphatic carbocycles. The molecule has 1 aliphatic rings. The summed E-state index contributed by atoms with van der Waals surface area (Å²) in [6.45, 7) is 2.08. The third-order valence-electron chi connectivity index (χ3n) is 3.77. The summed E-state index contributed by atoms with van der Waals surface area (Å²) in [7, 11) is 0. The van der Waals surface area contributed by atoms with Gasteiger partial charge >= 0.3 is 0 Å². The summed E-state index contributed by atoms with van der Waals surface area (Å²) in [5.41, 5.74) is 7.41. The number of anilines is 3. The van der Waals surface area contributed by atoms with E-state index in [4.69, 9.17) is 5.73 Å². The first kappa shape index (κ1) is 14.3. The highest BCUT2D eigenvalue weighted by Gasteiger charge is 2.22. The van der Waals surface area contributed by atoms with Gasteiger partial charge in [-0.1, -0.05) is 12.8 Å². The van der Waals surface area contributed by atoms with Crippen molar-refractivity contribution in [3.8, 4) is 0 Å². The molecule has 2 aromatic heterocycles. The van der Waals surface area contributed by atoms with Crippen molar-refractivity contribution in [2.24, 2.45) is 5.73 Å². The van der Waals surface area contributed by atoms with Gasteiger partial charge in [-0.15, -0.1) is 11.3 Å². The van der Waals surface area contributed by atoms with Crippen LogP contribution in [0.4, 0.5) is 16.8 Å². The molecule has 0 aliphatic heterocycles. The zero-order valence-corrected chi connectivity index (χ0v) is 13.0. The van der Waals surface area contributed by atoms with Crippen molar-refractivity contribution in [1.82, 2.24) is 9.97 Å². The number of rotatable bonds is 4. The van der Waals surface area contributed by atoms with E-state index >= 15 is 0 Å². The molecule has 4 N–H and O–H groups in total. The van der Waals surface area contributed by atoms with Gasteiger partial charge in [0.2, 0.25) is 5.95 Å². The lowest BCUT2D eigenvalue weighted by atomic mass is 9.91. The molecular weight excluding hydrogens is 282 g/mol. The Labute approximate surface area is 129 Å². The van der Waals surface area contributed by atoms with E-state index in [0.717, 1.165) is 23.7 Å². The van der Waals surface area contributed by atoms with Crippen LogP contribution >= 0.6 is 11.3 Å². The summed E-state index contributed by atoms with van der Waals surface area (Å²) in [6, 6.07) is 4.45. The van der Waals surface area contributed by atoms with E-state index in [2.05, 4.69) is 39.0 Å². The molecule has 0 amide bonds. The molecule has 5 nitrogen and oxygen atoms in total. The molecule has 0 saturated heterocycles. The van der Waals surface area contributed by atoms with Crippen LogP contribution in [0.2, 0.25) is 0 Å². The highest BCUT2D eigenvalue weighted by atomic mass is 32.1. The smallest absolute Gasteiger partial charge is 0.224 e. The maximum atomic E-state index is 6.16. The molecule has 0 unspecified atom stereocenters. The van der Waals surface area contributed by atoms with E-state index < -0.39 is 0 Å². The third kappa shape index (κ3) is 3.71. The van der Waals surface area contributed by atoms with Crippen LogP contribution < -0.4 is 16.4 Å². The molecule has 0 aromatic carbocycles. The van der Waals surface area contributed by atoms with Crippen molar-refractivity contribution in [3.63, 3.8) is 0 Å². The largest absolute Gasteiger partial charge is 0.350 e. The van der Waals surface area contributed by atoms with Crippen LogP contribution in [0.15, 0.2) is 23.7 Å². The second-order valence-corrected chi connectivity index (χ2v) is 6.49. The first-order valence-corrected chi connectivity index (χ1v) is 8.26. The number of thiophene rings is 1. The molecule has 112 valence electrons. The Bertz CT molecular complexity index is 597. The predicted octanol–water partition coefficient (Wildman–Crippen LogP) is 3.27. The van der Waals surface area contributed by atoms with Gasteiger partial charge in [0.1, 0.15) is 5.82 Å². The van der Waals surface area contributed by atoms with E-state index in [1.807, 2.05) is 6.07 Å². The Morgan fingerprint density at radius 2 is 2.19 bits per heavy atom. The first-order valence-electron chi connectivity index (χ1n) is 7.38. The Morgan fingerprint density at radius 1 is 1.33 bits per heavy atom. The van der Waals surface area contributed by atoms with Gasteiger partial charge in [-0.2, -0.15) is 4.98 Å². The molecule has 2 aromatic rings. The first-order chi connectivity index (χ1) is 10.2. The van der Waals surface area contributed by atoms with Crippen LogP contribution in [0.3, 0.4) is 0 Å². The summed E-state index contributed by atoms with van der Waals surface area (Å²) in [6.07, 6.45) is 6.38. The number of nitrogens with zero attached hydrogens (tertiary/aromatic N) is 2. The van der Waals surface area contributed by atoms with Gasteiger partial charge in [0.15, 0.2) is 0 Å². The van der Waals surface area contributed by atoms with Gasteiger partial charge in [-0.05, 0) is 42.8 Å². The standard InChI is InChI=1S/C15H21N5S/c1-10-8-14(21-9-10)19-13-6-7-17-15(20-13)18-12-5-3-2-4-11(12)16/h6-9,11-12H,2-5,16H2,1H3,(H2,17,18,19,20)/t11-,12+/m0/s1. The van der Waals surface area contributed by atoms with E-state index in [-0.39, 0.29) is 12.1 Å². The van der Waals surface area contributed by atoms with E-state index in [0.29, 0.717) is 5.95 Å². The number of aromatic nitrogens is 2. The fourth-order valence-electron chi connectivity index (χ4n) is 2.63. The maximum Gasteiger partial charge on any atom is 0.224 e. The van der Waals surface area contributed by atoms with Crippen LogP contribution in [-0.4, -0.2) is 22.1 Å². The topological polar surface area (TPSA) is 75.9 Å². The lowest BCUT2D eigenvalue weighted by Crippen LogP contribution is -2.42. The fraction of sp³-hybridized carbons (Fsp3) is 0.467. The van der Waals surface area contributed by atoms with Gasteiger partial charge in [0.05, 0.1) is 5.00 Å². The van der Waals surface area contributed by atoms with Gasteiger partial charge in [0.25, 0.3) is 0 Å². The number of aryl methyl sites for hydroxylation is 1. The second kappa shape index (κ2) is 6.41. The minimum Gasteiger partial charge on any atom is -0.350 e. The maximum absolute atomic E-state index is 6.16. The van der Waals surface area contributed by atoms with Crippen molar-refractivity contribution in [2.45, 2.75) is 44.7 Å². The molecule has 1 fully saturated rings. The van der Waals surface area contributed by atoms with Gasteiger partial charge in [0, 0.05) is 18.3 Å². The Morgan fingerprint density at radius 3 is 2.95 bits per heavy atom. The normalized spacial score (nSPS) is 22.0. The summed E-state index contributed by atoms with van der Waals surface area (Å²) in [5.74, 6) is 1.45. The minimum absolute atomic E-state index is 0.193. The third-order valence-corrected chi connectivity index (χ3v) is 4.73. The van der Waals surface area contributed by atoms with Gasteiger partial charge in [-0.3, -0.25) is 0 Å². The van der Waals surface area contributed by atoms with Crippen molar-refractivity contribution in [1.29, 1.82) is 0 Å². The van der Waals surface area contributed by atoms with Gasteiger partial charge < -0.3 is 16.4 Å². The Kier molecular flexibility index (Phi) is 4.36. The van der Waals surface area contributed by atoms with E-state index in [9.17, 15) is 0 Å². The number of nitrogens with two attached hydrogens (primary N) is 1. The summed E-state index contributed by atoms with van der Waals surface area (Å²) < 4.78 is 0. The van der Waals surface area contributed by atoms with Crippen LogP contribution in [0.25, 0.3) is 0 Å². The lowest BCUT2D eigenvalue weighted by molar-refractivity contribution is 0.402. The molecular formula is C15H21N5S. The van der Waals surface area contributed by atoms with Crippen molar-refractivity contribution in [3.05, 3.63) is 29.3 Å². The van der Waals surface area contributed by atoms with Crippen molar-refractivity contribution in [2.75, 3.05) is 10.6 Å². The molecule has 2 heterocycles. The predicted molar refractivity (Wildman–Crippen MR) is 88.2 cm³/mol. The molecule has 0 spiro atoms. The van der Waals surface area contributed by atoms with Crippen molar-refractivity contribution >= 4 is 28.1 Å². The average molecular weight is 303 g/mol. The minimum atomic E-state index is 0.193. The van der Waals surface area contributed by atoms with Crippen molar-refractivity contribution < 1.29 is 0 Å². The lowest BCUT2D eigenvalue weighted by Gasteiger charge is -2.29. The Hall–Kier alpha value is -1.66. The average Bonchev–Trinajstić information content (AvgIpc) is 2.87. The molecule has 3 rings (SSSR count).